The van der Waals surface area contributed by atoms with Crippen molar-refractivity contribution in [1.29, 1.82) is 0 Å². The number of anilines is 1. The van der Waals surface area contributed by atoms with Crippen LogP contribution in [0.5, 0.6) is 0 Å². The summed E-state index contributed by atoms with van der Waals surface area (Å²) in [6.45, 7) is 8.86. The second kappa shape index (κ2) is 8.29. The molecule has 3 N–H and O–H groups in total. The third-order valence-electron chi connectivity index (χ3n) is 3.51. The van der Waals surface area contributed by atoms with E-state index in [1.54, 1.807) is 0 Å². The molecule has 1 aromatic heterocycles. The maximum atomic E-state index is 11.8. The number of aliphatic hydroxyl groups excluding tert-OH is 1. The molecule has 0 fully saturated rings. The van der Waals surface area contributed by atoms with Crippen molar-refractivity contribution in [3.05, 3.63) is 5.01 Å². The van der Waals surface area contributed by atoms with E-state index in [4.69, 9.17) is 5.11 Å². The first kappa shape index (κ1) is 17.8. The molecule has 0 saturated heterocycles. The number of carbonyl (C=O) groups excluding carboxylic acids is 1. The van der Waals surface area contributed by atoms with Crippen LogP contribution in [0.25, 0.3) is 0 Å². The molecule has 0 aromatic carbocycles. The number of urea groups is 1. The van der Waals surface area contributed by atoms with Gasteiger partial charge in [-0.1, -0.05) is 39.0 Å². The Morgan fingerprint density at radius 3 is 2.57 bits per heavy atom. The van der Waals surface area contributed by atoms with Crippen LogP contribution < -0.4 is 10.6 Å². The van der Waals surface area contributed by atoms with Crippen LogP contribution in [0, 0.1) is 5.41 Å². The van der Waals surface area contributed by atoms with Crippen LogP contribution in [-0.4, -0.2) is 34.5 Å². The maximum Gasteiger partial charge on any atom is 0.321 e. The topological polar surface area (TPSA) is 87.1 Å². The van der Waals surface area contributed by atoms with Crippen molar-refractivity contribution in [3.63, 3.8) is 0 Å². The Morgan fingerprint density at radius 1 is 1.33 bits per heavy atom. The zero-order valence-corrected chi connectivity index (χ0v) is 14.1. The van der Waals surface area contributed by atoms with Gasteiger partial charge in [-0.15, -0.1) is 10.2 Å². The summed E-state index contributed by atoms with van der Waals surface area (Å²) in [6.07, 6.45) is 2.68. The first-order valence-corrected chi connectivity index (χ1v) is 8.22. The van der Waals surface area contributed by atoms with Gasteiger partial charge in [-0.2, -0.15) is 0 Å². The van der Waals surface area contributed by atoms with Crippen LogP contribution in [-0.2, 0) is 0 Å². The van der Waals surface area contributed by atoms with Gasteiger partial charge in [0.05, 0.1) is 0 Å². The summed E-state index contributed by atoms with van der Waals surface area (Å²) in [6, 6.07) is -0.284. The van der Waals surface area contributed by atoms with E-state index in [2.05, 4.69) is 34.7 Å². The zero-order chi connectivity index (χ0) is 15.9. The predicted octanol–water partition coefficient (Wildman–Crippen LogP) is 2.97. The quantitative estimate of drug-likeness (QED) is 0.688. The van der Waals surface area contributed by atoms with E-state index in [1.807, 2.05) is 13.8 Å². The van der Waals surface area contributed by atoms with Crippen LogP contribution in [0.2, 0.25) is 0 Å². The van der Waals surface area contributed by atoms with E-state index in [9.17, 15) is 4.79 Å². The summed E-state index contributed by atoms with van der Waals surface area (Å²) >= 11 is 1.43. The molecule has 7 heteroatoms. The lowest BCUT2D eigenvalue weighted by Gasteiger charge is -2.23. The van der Waals surface area contributed by atoms with Gasteiger partial charge in [0.15, 0.2) is 0 Å². The van der Waals surface area contributed by atoms with E-state index in [0.717, 1.165) is 17.8 Å². The number of hydrogen-bond donors (Lipinski definition) is 3. The smallest absolute Gasteiger partial charge is 0.321 e. The second-order valence-corrected chi connectivity index (χ2v) is 6.91. The Morgan fingerprint density at radius 2 is 2.00 bits per heavy atom. The lowest BCUT2D eigenvalue weighted by molar-refractivity contribution is 0.204. The lowest BCUT2D eigenvalue weighted by Crippen LogP contribution is -2.37. The highest BCUT2D eigenvalue weighted by Gasteiger charge is 2.19. The van der Waals surface area contributed by atoms with Crippen molar-refractivity contribution >= 4 is 22.5 Å². The number of nitrogens with one attached hydrogen (secondary N) is 2. The number of aromatic nitrogens is 2. The second-order valence-electron chi connectivity index (χ2n) is 5.90. The minimum absolute atomic E-state index is 0.117. The summed E-state index contributed by atoms with van der Waals surface area (Å²) in [5.41, 5.74) is -0.131. The molecule has 0 spiro atoms. The Kier molecular flexibility index (Phi) is 7.04. The van der Waals surface area contributed by atoms with Crippen molar-refractivity contribution in [1.82, 2.24) is 15.5 Å². The molecule has 1 rings (SSSR count). The van der Waals surface area contributed by atoms with Crippen molar-refractivity contribution in [2.24, 2.45) is 5.41 Å². The van der Waals surface area contributed by atoms with E-state index in [-0.39, 0.29) is 18.1 Å². The van der Waals surface area contributed by atoms with E-state index < -0.39 is 0 Å². The van der Waals surface area contributed by atoms with Crippen molar-refractivity contribution < 1.29 is 9.90 Å². The van der Waals surface area contributed by atoms with E-state index >= 15 is 0 Å². The number of nitrogens with zero attached hydrogens (tertiary/aromatic N) is 2. The largest absolute Gasteiger partial charge is 0.396 e. The molecule has 0 unspecified atom stereocenters. The fraction of sp³-hybridized carbons (Fsp3) is 0.786. The number of carbonyl (C=O) groups is 1. The van der Waals surface area contributed by atoms with Crippen molar-refractivity contribution in [2.75, 3.05) is 18.5 Å². The normalized spacial score (nSPS) is 11.7. The summed E-state index contributed by atoms with van der Waals surface area (Å²) < 4.78 is 0. The van der Waals surface area contributed by atoms with Crippen LogP contribution in [0.4, 0.5) is 9.93 Å². The molecular weight excluding hydrogens is 288 g/mol. The minimum atomic E-state index is -0.284. The van der Waals surface area contributed by atoms with Crippen molar-refractivity contribution in [2.45, 2.75) is 52.9 Å². The Labute approximate surface area is 130 Å². The number of aliphatic hydroxyl groups is 1. The molecule has 0 bridgehead atoms. The molecule has 0 aliphatic heterocycles. The maximum absolute atomic E-state index is 11.8. The molecule has 21 heavy (non-hydrogen) atoms. The number of amides is 2. The molecule has 0 aliphatic rings. The highest BCUT2D eigenvalue weighted by Crippen LogP contribution is 2.28. The van der Waals surface area contributed by atoms with Crippen LogP contribution in [0.15, 0.2) is 0 Å². The Hall–Kier alpha value is -1.21. The van der Waals surface area contributed by atoms with Gasteiger partial charge in [0.1, 0.15) is 5.01 Å². The highest BCUT2D eigenvalue weighted by molar-refractivity contribution is 7.15. The molecule has 1 heterocycles. The van der Waals surface area contributed by atoms with Gasteiger partial charge < -0.3 is 10.4 Å². The molecular formula is C14H26N4O2S. The van der Waals surface area contributed by atoms with Gasteiger partial charge in [0, 0.05) is 19.1 Å². The average Bonchev–Trinajstić information content (AvgIpc) is 2.86. The highest BCUT2D eigenvalue weighted by atomic mass is 32.1. The SMILES string of the molecule is CCC(CC)c1nnc(NC(=O)NCC(C)(C)CCO)s1. The van der Waals surface area contributed by atoms with Crippen molar-refractivity contribution in [3.8, 4) is 0 Å². The standard InChI is InChI=1S/C14H26N4O2S/c1-5-10(6-2)11-17-18-13(21-11)16-12(20)15-9-14(3,4)7-8-19/h10,19H,5-9H2,1-4H3,(H2,15,16,18,20). The molecule has 0 radical (unpaired) electrons. The molecule has 2 amide bonds. The monoisotopic (exact) mass is 314 g/mol. The molecule has 0 aliphatic carbocycles. The zero-order valence-electron chi connectivity index (χ0n) is 13.3. The van der Waals surface area contributed by atoms with Gasteiger partial charge in [0.25, 0.3) is 0 Å². The Balaban J connectivity index is 2.48. The van der Waals surface area contributed by atoms with E-state index in [0.29, 0.717) is 24.0 Å². The van der Waals surface area contributed by atoms with Crippen LogP contribution in [0.1, 0.15) is 57.9 Å². The number of hydrogen-bond acceptors (Lipinski definition) is 5. The first-order valence-electron chi connectivity index (χ1n) is 7.41. The van der Waals surface area contributed by atoms with Gasteiger partial charge in [-0.05, 0) is 24.7 Å². The van der Waals surface area contributed by atoms with Gasteiger partial charge >= 0.3 is 6.03 Å². The fourth-order valence-electron chi connectivity index (χ4n) is 1.94. The third-order valence-corrected chi connectivity index (χ3v) is 4.51. The molecule has 0 saturated carbocycles. The molecule has 120 valence electrons. The minimum Gasteiger partial charge on any atom is -0.396 e. The number of rotatable bonds is 8. The summed E-state index contributed by atoms with van der Waals surface area (Å²) in [4.78, 5) is 11.8. The lowest BCUT2D eigenvalue weighted by atomic mass is 9.90. The Bertz CT molecular complexity index is 444. The van der Waals surface area contributed by atoms with Crippen LogP contribution >= 0.6 is 11.3 Å². The summed E-state index contributed by atoms with van der Waals surface area (Å²) in [5, 5.41) is 24.1. The van der Waals surface area contributed by atoms with Gasteiger partial charge in [-0.3, -0.25) is 5.32 Å². The van der Waals surface area contributed by atoms with Crippen LogP contribution in [0.3, 0.4) is 0 Å². The molecule has 1 aromatic rings. The van der Waals surface area contributed by atoms with E-state index in [1.165, 1.54) is 11.3 Å². The summed E-state index contributed by atoms with van der Waals surface area (Å²) in [5.74, 6) is 0.407. The first-order chi connectivity index (χ1) is 9.91. The summed E-state index contributed by atoms with van der Waals surface area (Å²) in [7, 11) is 0. The third kappa shape index (κ3) is 5.97. The fourth-order valence-corrected chi connectivity index (χ4v) is 2.95. The van der Waals surface area contributed by atoms with Gasteiger partial charge in [0.2, 0.25) is 5.13 Å². The molecule has 0 atom stereocenters. The predicted molar refractivity (Wildman–Crippen MR) is 85.7 cm³/mol. The average molecular weight is 314 g/mol. The molecule has 6 nitrogen and oxygen atoms in total. The van der Waals surface area contributed by atoms with Gasteiger partial charge in [-0.25, -0.2) is 4.79 Å².